The zero-order valence-electron chi connectivity index (χ0n) is 15.1. The minimum absolute atomic E-state index is 0.324. The molecule has 0 radical (unpaired) electrons. The second-order valence-corrected chi connectivity index (χ2v) is 5.51. The Labute approximate surface area is 157 Å². The summed E-state index contributed by atoms with van der Waals surface area (Å²) < 4.78 is 15.7. The van der Waals surface area contributed by atoms with E-state index in [4.69, 9.17) is 19.5 Å². The lowest BCUT2D eigenvalue weighted by molar-refractivity contribution is -0.155. The number of rotatable bonds is 8. The Morgan fingerprint density at radius 3 is 2.41 bits per heavy atom. The Kier molecular flexibility index (Phi) is 7.20. The van der Waals surface area contributed by atoms with Crippen molar-refractivity contribution in [3.63, 3.8) is 0 Å². The van der Waals surface area contributed by atoms with Crippen molar-refractivity contribution in [2.24, 2.45) is 0 Å². The molecular weight excluding hydrogens is 348 g/mol. The highest BCUT2D eigenvalue weighted by atomic mass is 16.6. The van der Waals surface area contributed by atoms with Gasteiger partial charge in [0, 0.05) is 5.69 Å². The molecule has 0 aliphatic heterocycles. The lowest BCUT2D eigenvalue weighted by atomic mass is 10.2. The monoisotopic (exact) mass is 368 g/mol. The molecule has 0 aliphatic carbocycles. The first-order chi connectivity index (χ1) is 13.0. The van der Waals surface area contributed by atoms with Crippen LogP contribution in [-0.2, 0) is 14.3 Å². The second-order valence-electron chi connectivity index (χ2n) is 5.51. The van der Waals surface area contributed by atoms with Crippen molar-refractivity contribution < 1.29 is 23.8 Å². The van der Waals surface area contributed by atoms with Crippen molar-refractivity contribution in [2.45, 2.75) is 20.0 Å². The van der Waals surface area contributed by atoms with Gasteiger partial charge in [0.2, 0.25) is 0 Å². The Balaban J connectivity index is 1.80. The van der Waals surface area contributed by atoms with Gasteiger partial charge in [0.25, 0.3) is 5.91 Å². The predicted octanol–water partition coefficient (Wildman–Crippen LogP) is 2.91. The van der Waals surface area contributed by atoms with E-state index in [0.717, 1.165) is 0 Å². The van der Waals surface area contributed by atoms with Crippen LogP contribution in [0.25, 0.3) is 0 Å². The minimum atomic E-state index is -1.01. The van der Waals surface area contributed by atoms with Crippen molar-refractivity contribution in [1.29, 1.82) is 5.26 Å². The normalized spacial score (nSPS) is 11.0. The molecule has 27 heavy (non-hydrogen) atoms. The predicted molar refractivity (Wildman–Crippen MR) is 98.4 cm³/mol. The molecule has 7 heteroatoms. The number of carbonyl (C=O) groups excluding carboxylic acids is 2. The standard InChI is InChI=1S/C20H20N2O5/c1-3-25-17-7-9-18(10-8-17)26-13-19(23)27-14(2)20(24)22-16-6-4-5-15(11-16)12-21/h4-11,14H,3,13H2,1-2H3,(H,22,24)/t14-/m0/s1. The Morgan fingerprint density at radius 2 is 1.78 bits per heavy atom. The van der Waals surface area contributed by atoms with Crippen LogP contribution in [0.2, 0.25) is 0 Å². The van der Waals surface area contributed by atoms with Gasteiger partial charge < -0.3 is 19.5 Å². The van der Waals surface area contributed by atoms with E-state index in [1.54, 1.807) is 42.5 Å². The molecule has 0 bridgehead atoms. The Hall–Kier alpha value is -3.53. The van der Waals surface area contributed by atoms with Gasteiger partial charge >= 0.3 is 5.97 Å². The van der Waals surface area contributed by atoms with Gasteiger partial charge in [0.1, 0.15) is 11.5 Å². The van der Waals surface area contributed by atoms with Crippen molar-refractivity contribution in [1.82, 2.24) is 0 Å². The molecule has 0 aromatic heterocycles. The van der Waals surface area contributed by atoms with Gasteiger partial charge in [-0.2, -0.15) is 5.26 Å². The van der Waals surface area contributed by atoms with Crippen molar-refractivity contribution in [3.8, 4) is 17.6 Å². The van der Waals surface area contributed by atoms with Crippen LogP contribution in [0.5, 0.6) is 11.5 Å². The van der Waals surface area contributed by atoms with E-state index in [1.165, 1.54) is 13.0 Å². The lowest BCUT2D eigenvalue weighted by Crippen LogP contribution is -2.31. The summed E-state index contributed by atoms with van der Waals surface area (Å²) in [6.45, 7) is 3.58. The molecule has 2 rings (SSSR count). The number of nitrogens with one attached hydrogen (secondary N) is 1. The van der Waals surface area contributed by atoms with E-state index in [-0.39, 0.29) is 6.61 Å². The number of nitriles is 1. The number of hydrogen-bond acceptors (Lipinski definition) is 6. The second kappa shape index (κ2) is 9.82. The van der Waals surface area contributed by atoms with E-state index in [0.29, 0.717) is 29.4 Å². The molecule has 2 aromatic rings. The van der Waals surface area contributed by atoms with Gasteiger partial charge in [-0.05, 0) is 56.3 Å². The van der Waals surface area contributed by atoms with Crippen molar-refractivity contribution >= 4 is 17.6 Å². The number of ether oxygens (including phenoxy) is 3. The Morgan fingerprint density at radius 1 is 1.11 bits per heavy atom. The summed E-state index contributed by atoms with van der Waals surface area (Å²) >= 11 is 0. The van der Waals surface area contributed by atoms with Crippen LogP contribution in [0.3, 0.4) is 0 Å². The summed E-state index contributed by atoms with van der Waals surface area (Å²) in [6, 6.07) is 15.2. The van der Waals surface area contributed by atoms with Gasteiger partial charge in [-0.25, -0.2) is 4.79 Å². The first kappa shape index (κ1) is 19.8. The number of amides is 1. The van der Waals surface area contributed by atoms with Gasteiger partial charge in [-0.3, -0.25) is 4.79 Å². The van der Waals surface area contributed by atoms with E-state index < -0.39 is 18.0 Å². The van der Waals surface area contributed by atoms with E-state index >= 15 is 0 Å². The maximum atomic E-state index is 12.1. The number of nitrogens with zero attached hydrogens (tertiary/aromatic N) is 1. The summed E-state index contributed by atoms with van der Waals surface area (Å²) in [6.07, 6.45) is -1.01. The highest BCUT2D eigenvalue weighted by Gasteiger charge is 2.18. The van der Waals surface area contributed by atoms with Gasteiger partial charge in [-0.1, -0.05) is 6.07 Å². The topological polar surface area (TPSA) is 97.7 Å². The summed E-state index contributed by atoms with van der Waals surface area (Å²) in [7, 11) is 0. The first-order valence-corrected chi connectivity index (χ1v) is 8.38. The molecule has 0 spiro atoms. The number of benzene rings is 2. The fourth-order valence-electron chi connectivity index (χ4n) is 2.14. The van der Waals surface area contributed by atoms with Crippen LogP contribution >= 0.6 is 0 Å². The van der Waals surface area contributed by atoms with Crippen LogP contribution in [-0.4, -0.2) is 31.2 Å². The van der Waals surface area contributed by atoms with E-state index in [2.05, 4.69) is 5.32 Å². The smallest absolute Gasteiger partial charge is 0.344 e. The third-order valence-electron chi connectivity index (χ3n) is 3.43. The fourth-order valence-corrected chi connectivity index (χ4v) is 2.14. The molecule has 1 amide bonds. The fraction of sp³-hybridized carbons (Fsp3) is 0.250. The maximum Gasteiger partial charge on any atom is 0.344 e. The van der Waals surface area contributed by atoms with Crippen LogP contribution < -0.4 is 14.8 Å². The molecule has 0 heterocycles. The van der Waals surface area contributed by atoms with Gasteiger partial charge in [0.15, 0.2) is 12.7 Å². The summed E-state index contributed by atoms with van der Waals surface area (Å²) in [5, 5.41) is 11.5. The number of esters is 1. The zero-order chi connectivity index (χ0) is 19.6. The molecule has 0 saturated heterocycles. The van der Waals surface area contributed by atoms with Crippen LogP contribution in [0, 0.1) is 11.3 Å². The third kappa shape index (κ3) is 6.36. The molecule has 0 aliphatic rings. The molecule has 2 aromatic carbocycles. The van der Waals surface area contributed by atoms with Gasteiger partial charge in [-0.15, -0.1) is 0 Å². The molecule has 1 N–H and O–H groups in total. The van der Waals surface area contributed by atoms with Crippen LogP contribution in [0.1, 0.15) is 19.4 Å². The summed E-state index contributed by atoms with van der Waals surface area (Å²) in [5.74, 6) is 0.0239. The van der Waals surface area contributed by atoms with E-state index in [1.807, 2.05) is 13.0 Å². The SMILES string of the molecule is CCOc1ccc(OCC(=O)O[C@@H](C)C(=O)Nc2cccc(C#N)c2)cc1. The molecule has 1 atom stereocenters. The molecule has 0 unspecified atom stereocenters. The summed E-state index contributed by atoms with van der Waals surface area (Å²) in [5.41, 5.74) is 0.869. The third-order valence-corrected chi connectivity index (χ3v) is 3.43. The summed E-state index contributed by atoms with van der Waals surface area (Å²) in [4.78, 5) is 24.0. The average Bonchev–Trinajstić information content (AvgIpc) is 2.67. The van der Waals surface area contributed by atoms with Gasteiger partial charge in [0.05, 0.1) is 18.2 Å². The highest BCUT2D eigenvalue weighted by molar-refractivity contribution is 5.95. The number of carbonyl (C=O) groups is 2. The zero-order valence-corrected chi connectivity index (χ0v) is 15.1. The van der Waals surface area contributed by atoms with Crippen molar-refractivity contribution in [3.05, 3.63) is 54.1 Å². The lowest BCUT2D eigenvalue weighted by Gasteiger charge is -2.14. The number of anilines is 1. The average molecular weight is 368 g/mol. The minimum Gasteiger partial charge on any atom is -0.494 e. The number of hydrogen-bond donors (Lipinski definition) is 1. The van der Waals surface area contributed by atoms with Crippen molar-refractivity contribution in [2.75, 3.05) is 18.5 Å². The quantitative estimate of drug-likeness (QED) is 0.720. The maximum absolute atomic E-state index is 12.1. The van der Waals surface area contributed by atoms with Crippen LogP contribution in [0.15, 0.2) is 48.5 Å². The Bertz CT molecular complexity index is 827. The molecular formula is C20H20N2O5. The molecule has 0 saturated carbocycles. The largest absolute Gasteiger partial charge is 0.494 e. The van der Waals surface area contributed by atoms with E-state index in [9.17, 15) is 9.59 Å². The first-order valence-electron chi connectivity index (χ1n) is 8.38. The molecule has 140 valence electrons. The highest BCUT2D eigenvalue weighted by Crippen LogP contribution is 2.17. The molecule has 0 fully saturated rings. The van der Waals surface area contributed by atoms with Crippen LogP contribution in [0.4, 0.5) is 5.69 Å². The molecule has 7 nitrogen and oxygen atoms in total.